The third-order valence-corrected chi connectivity index (χ3v) is 4.90. The van der Waals surface area contributed by atoms with E-state index in [4.69, 9.17) is 5.26 Å². The molecule has 0 bridgehead atoms. The smallest absolute Gasteiger partial charge is 0.280 e. The first-order chi connectivity index (χ1) is 13.2. The van der Waals surface area contributed by atoms with Crippen LogP contribution in [0.15, 0.2) is 48.5 Å². The Morgan fingerprint density at radius 2 is 2.04 bits per heavy atom. The van der Waals surface area contributed by atoms with Crippen LogP contribution in [0, 0.1) is 11.3 Å². The van der Waals surface area contributed by atoms with E-state index in [0.717, 1.165) is 28.9 Å². The van der Waals surface area contributed by atoms with Crippen LogP contribution in [0.3, 0.4) is 0 Å². The minimum Gasteiger partial charge on any atom is -0.306 e. The highest BCUT2D eigenvalue weighted by Crippen LogP contribution is 2.30. The lowest BCUT2D eigenvalue weighted by atomic mass is 10.1. The minimum atomic E-state index is -0.130. The molecule has 2 heterocycles. The number of hydrogen-bond acceptors (Lipinski definition) is 4. The molecule has 0 unspecified atom stereocenters. The number of carbonyl (C=O) groups is 1. The summed E-state index contributed by atoms with van der Waals surface area (Å²) in [5, 5.41) is 17.5. The zero-order valence-corrected chi connectivity index (χ0v) is 15.1. The second-order valence-corrected chi connectivity index (χ2v) is 6.54. The van der Waals surface area contributed by atoms with Crippen molar-refractivity contribution in [2.24, 2.45) is 0 Å². The van der Waals surface area contributed by atoms with Gasteiger partial charge in [0.05, 0.1) is 23.9 Å². The highest BCUT2D eigenvalue weighted by Gasteiger charge is 2.29. The maximum Gasteiger partial charge on any atom is 0.280 e. The molecule has 0 N–H and O–H groups in total. The summed E-state index contributed by atoms with van der Waals surface area (Å²) < 4.78 is 1.80. The molecule has 0 saturated heterocycles. The van der Waals surface area contributed by atoms with Crippen molar-refractivity contribution in [2.45, 2.75) is 26.3 Å². The van der Waals surface area contributed by atoms with E-state index in [1.807, 2.05) is 49.4 Å². The van der Waals surface area contributed by atoms with Gasteiger partial charge in [-0.15, -0.1) is 5.10 Å². The Kier molecular flexibility index (Phi) is 4.43. The van der Waals surface area contributed by atoms with Crippen LogP contribution in [0.1, 0.15) is 39.8 Å². The Hall–Kier alpha value is -3.46. The molecule has 134 valence electrons. The van der Waals surface area contributed by atoms with Gasteiger partial charge < -0.3 is 4.90 Å². The highest BCUT2D eigenvalue weighted by molar-refractivity contribution is 6.06. The highest BCUT2D eigenvalue weighted by atomic mass is 16.2. The van der Waals surface area contributed by atoms with E-state index in [1.165, 1.54) is 0 Å². The fourth-order valence-electron chi connectivity index (χ4n) is 3.54. The van der Waals surface area contributed by atoms with Crippen LogP contribution < -0.4 is 4.90 Å². The van der Waals surface area contributed by atoms with Crippen molar-refractivity contribution < 1.29 is 4.79 Å². The lowest BCUT2D eigenvalue weighted by molar-refractivity contribution is 0.0983. The molecule has 0 radical (unpaired) electrons. The summed E-state index contributed by atoms with van der Waals surface area (Å²) in [5.74, 6) is -0.130. The first-order valence-corrected chi connectivity index (χ1v) is 9.02. The van der Waals surface area contributed by atoms with Gasteiger partial charge in [-0.25, -0.2) is 4.68 Å². The van der Waals surface area contributed by atoms with Crippen LogP contribution >= 0.6 is 0 Å². The third-order valence-electron chi connectivity index (χ3n) is 4.90. The molecular formula is C21H19N5O. The standard InChI is InChI=1S/C21H19N5O/c1-2-18-20(23-24-26(18)14-15-6-4-3-5-7-15)21(27)25-11-10-17-12-16(13-22)8-9-19(17)25/h3-9,12H,2,10-11,14H2,1H3. The number of amides is 1. The van der Waals surface area contributed by atoms with E-state index < -0.39 is 0 Å². The van der Waals surface area contributed by atoms with Crippen LogP contribution in [0.4, 0.5) is 5.69 Å². The quantitative estimate of drug-likeness (QED) is 0.719. The maximum absolute atomic E-state index is 13.2. The molecule has 27 heavy (non-hydrogen) atoms. The molecule has 6 nitrogen and oxygen atoms in total. The Bertz CT molecular complexity index is 1030. The van der Waals surface area contributed by atoms with Crippen molar-refractivity contribution in [1.29, 1.82) is 5.26 Å². The molecule has 4 rings (SSSR count). The zero-order chi connectivity index (χ0) is 18.8. The van der Waals surface area contributed by atoms with Crippen LogP contribution in [0.2, 0.25) is 0 Å². The van der Waals surface area contributed by atoms with Gasteiger partial charge in [0.15, 0.2) is 5.69 Å². The predicted octanol–water partition coefficient (Wildman–Crippen LogP) is 2.96. The van der Waals surface area contributed by atoms with E-state index in [0.29, 0.717) is 30.8 Å². The van der Waals surface area contributed by atoms with Crippen molar-refractivity contribution in [3.8, 4) is 6.07 Å². The van der Waals surface area contributed by atoms with Gasteiger partial charge in [0.25, 0.3) is 5.91 Å². The number of nitrogens with zero attached hydrogens (tertiary/aromatic N) is 5. The molecule has 0 atom stereocenters. The fraction of sp³-hybridized carbons (Fsp3) is 0.238. The zero-order valence-electron chi connectivity index (χ0n) is 15.1. The van der Waals surface area contributed by atoms with E-state index in [9.17, 15) is 4.79 Å². The first-order valence-electron chi connectivity index (χ1n) is 9.02. The lowest BCUT2D eigenvalue weighted by Crippen LogP contribution is -2.30. The van der Waals surface area contributed by atoms with E-state index in [-0.39, 0.29) is 5.91 Å². The largest absolute Gasteiger partial charge is 0.306 e. The Balaban J connectivity index is 1.63. The van der Waals surface area contributed by atoms with Crippen molar-refractivity contribution in [3.63, 3.8) is 0 Å². The third kappa shape index (κ3) is 3.08. The van der Waals surface area contributed by atoms with Gasteiger partial charge in [-0.05, 0) is 42.2 Å². The number of anilines is 1. The number of rotatable bonds is 4. The van der Waals surface area contributed by atoms with Gasteiger partial charge in [-0.1, -0.05) is 42.5 Å². The predicted molar refractivity (Wildman–Crippen MR) is 101 cm³/mol. The monoisotopic (exact) mass is 357 g/mol. The lowest BCUT2D eigenvalue weighted by Gasteiger charge is -2.16. The summed E-state index contributed by atoms with van der Waals surface area (Å²) >= 11 is 0. The Morgan fingerprint density at radius 1 is 1.22 bits per heavy atom. The summed E-state index contributed by atoms with van der Waals surface area (Å²) in [4.78, 5) is 14.9. The number of hydrogen-bond donors (Lipinski definition) is 0. The van der Waals surface area contributed by atoms with E-state index >= 15 is 0 Å². The van der Waals surface area contributed by atoms with Gasteiger partial charge in [0, 0.05) is 12.2 Å². The minimum absolute atomic E-state index is 0.130. The topological polar surface area (TPSA) is 74.8 Å². The molecule has 1 aliphatic rings. The van der Waals surface area contributed by atoms with Gasteiger partial charge in [0.2, 0.25) is 0 Å². The Labute approximate surface area is 157 Å². The van der Waals surface area contributed by atoms with Crippen molar-refractivity contribution in [1.82, 2.24) is 15.0 Å². The summed E-state index contributed by atoms with van der Waals surface area (Å²) in [6.45, 7) is 3.19. The van der Waals surface area contributed by atoms with Gasteiger partial charge in [0.1, 0.15) is 0 Å². The molecule has 1 aliphatic heterocycles. The normalized spacial score (nSPS) is 12.7. The molecule has 0 saturated carbocycles. The van der Waals surface area contributed by atoms with Gasteiger partial charge in [-0.2, -0.15) is 5.26 Å². The SMILES string of the molecule is CCc1c(C(=O)N2CCc3cc(C#N)ccc32)nnn1Cc1ccccc1. The molecule has 2 aromatic carbocycles. The molecule has 0 aliphatic carbocycles. The first kappa shape index (κ1) is 17.0. The van der Waals surface area contributed by atoms with Gasteiger partial charge in [-0.3, -0.25) is 4.79 Å². The fourth-order valence-corrected chi connectivity index (χ4v) is 3.54. The van der Waals surface area contributed by atoms with Crippen LogP contribution in [-0.4, -0.2) is 27.4 Å². The van der Waals surface area contributed by atoms with Crippen molar-refractivity contribution in [3.05, 3.63) is 76.6 Å². The number of fused-ring (bicyclic) bond motifs is 1. The molecular weight excluding hydrogens is 338 g/mol. The number of nitriles is 1. The number of aromatic nitrogens is 3. The maximum atomic E-state index is 13.2. The van der Waals surface area contributed by atoms with Crippen molar-refractivity contribution >= 4 is 11.6 Å². The van der Waals surface area contributed by atoms with Crippen LogP contribution in [0.5, 0.6) is 0 Å². The number of benzene rings is 2. The average Bonchev–Trinajstić information content (AvgIpc) is 3.31. The molecule has 1 amide bonds. The van der Waals surface area contributed by atoms with Crippen LogP contribution in [0.25, 0.3) is 0 Å². The van der Waals surface area contributed by atoms with Crippen molar-refractivity contribution in [2.75, 3.05) is 11.4 Å². The molecule has 1 aromatic heterocycles. The summed E-state index contributed by atoms with van der Waals surface area (Å²) in [6, 6.07) is 17.6. The molecule has 0 fully saturated rings. The van der Waals surface area contributed by atoms with Gasteiger partial charge >= 0.3 is 0 Å². The second kappa shape index (κ2) is 7.04. The summed E-state index contributed by atoms with van der Waals surface area (Å²) in [7, 11) is 0. The summed E-state index contributed by atoms with van der Waals surface area (Å²) in [6.07, 6.45) is 1.42. The summed E-state index contributed by atoms with van der Waals surface area (Å²) in [5.41, 5.74) is 4.87. The average molecular weight is 357 g/mol. The van der Waals surface area contributed by atoms with E-state index in [2.05, 4.69) is 16.4 Å². The molecule has 0 spiro atoms. The second-order valence-electron chi connectivity index (χ2n) is 6.54. The molecule has 6 heteroatoms. The molecule has 3 aromatic rings. The van der Waals surface area contributed by atoms with Crippen LogP contribution in [-0.2, 0) is 19.4 Å². The Morgan fingerprint density at radius 3 is 2.78 bits per heavy atom. The van der Waals surface area contributed by atoms with E-state index in [1.54, 1.807) is 15.6 Å². The number of carbonyl (C=O) groups excluding carboxylic acids is 1.